The van der Waals surface area contributed by atoms with Crippen molar-refractivity contribution in [1.29, 1.82) is 0 Å². The molecule has 0 aliphatic carbocycles. The average Bonchev–Trinajstić information content (AvgIpc) is 2.94. The Morgan fingerprint density at radius 1 is 1.28 bits per heavy atom. The van der Waals surface area contributed by atoms with Crippen molar-refractivity contribution in [2.75, 3.05) is 26.7 Å². The monoisotopic (exact) mass is 395 g/mol. The van der Waals surface area contributed by atoms with Crippen LogP contribution < -0.4 is 9.47 Å². The molecule has 29 heavy (non-hydrogen) atoms. The van der Waals surface area contributed by atoms with E-state index in [0.29, 0.717) is 19.0 Å². The largest absolute Gasteiger partial charge is 0.497 e. The van der Waals surface area contributed by atoms with Crippen molar-refractivity contribution < 1.29 is 14.3 Å². The SMILES string of the molecule is COc1ccc2c(c1)CN(C(C)=O)CC(C1CCCN(Cc3ccccn3)C1)O2. The number of aromatic nitrogens is 1. The Balaban J connectivity index is 1.51. The molecule has 0 N–H and O–H groups in total. The molecule has 0 spiro atoms. The number of methoxy groups -OCH3 is 1. The lowest BCUT2D eigenvalue weighted by Gasteiger charge is -2.37. The number of fused-ring (bicyclic) bond motifs is 1. The van der Waals surface area contributed by atoms with E-state index < -0.39 is 0 Å². The van der Waals surface area contributed by atoms with Gasteiger partial charge in [-0.3, -0.25) is 14.7 Å². The number of ether oxygens (including phenoxy) is 2. The third-order valence-electron chi connectivity index (χ3n) is 5.93. The van der Waals surface area contributed by atoms with Crippen LogP contribution in [0.4, 0.5) is 0 Å². The molecule has 2 aliphatic heterocycles. The summed E-state index contributed by atoms with van der Waals surface area (Å²) in [6.45, 7) is 5.70. The normalized spacial score (nSPS) is 22.3. The van der Waals surface area contributed by atoms with Gasteiger partial charge >= 0.3 is 0 Å². The van der Waals surface area contributed by atoms with Crippen molar-refractivity contribution in [3.05, 3.63) is 53.9 Å². The Hall–Kier alpha value is -2.60. The number of likely N-dealkylation sites (tertiary alicyclic amines) is 1. The van der Waals surface area contributed by atoms with Crippen molar-refractivity contribution in [2.24, 2.45) is 5.92 Å². The molecule has 6 heteroatoms. The quantitative estimate of drug-likeness (QED) is 0.796. The molecule has 4 rings (SSSR count). The molecule has 1 amide bonds. The van der Waals surface area contributed by atoms with Crippen LogP contribution in [0.1, 0.15) is 31.0 Å². The molecule has 2 aliphatic rings. The van der Waals surface area contributed by atoms with E-state index in [-0.39, 0.29) is 12.0 Å². The van der Waals surface area contributed by atoms with Gasteiger partial charge in [0.05, 0.1) is 19.3 Å². The first-order chi connectivity index (χ1) is 14.1. The van der Waals surface area contributed by atoms with E-state index in [1.807, 2.05) is 41.4 Å². The molecule has 2 aromatic rings. The topological polar surface area (TPSA) is 54.9 Å². The van der Waals surface area contributed by atoms with Crippen LogP contribution in [-0.4, -0.2) is 53.5 Å². The Morgan fingerprint density at radius 3 is 2.93 bits per heavy atom. The van der Waals surface area contributed by atoms with Crippen molar-refractivity contribution in [2.45, 2.75) is 39.0 Å². The maximum atomic E-state index is 12.3. The van der Waals surface area contributed by atoms with Gasteiger partial charge in [-0.25, -0.2) is 0 Å². The number of rotatable bonds is 4. The highest BCUT2D eigenvalue weighted by Crippen LogP contribution is 2.33. The summed E-state index contributed by atoms with van der Waals surface area (Å²) in [4.78, 5) is 21.1. The second kappa shape index (κ2) is 8.82. The van der Waals surface area contributed by atoms with Gasteiger partial charge in [0.1, 0.15) is 17.6 Å². The zero-order chi connectivity index (χ0) is 20.2. The molecule has 0 bridgehead atoms. The lowest BCUT2D eigenvalue weighted by Crippen LogP contribution is -2.46. The van der Waals surface area contributed by atoms with E-state index in [2.05, 4.69) is 16.0 Å². The van der Waals surface area contributed by atoms with Crippen LogP contribution in [0.25, 0.3) is 0 Å². The molecule has 1 aromatic heterocycles. The van der Waals surface area contributed by atoms with Crippen LogP contribution in [0, 0.1) is 5.92 Å². The molecule has 0 radical (unpaired) electrons. The van der Waals surface area contributed by atoms with E-state index in [1.165, 1.54) is 0 Å². The minimum absolute atomic E-state index is 0.0138. The van der Waals surface area contributed by atoms with Crippen molar-refractivity contribution in [3.63, 3.8) is 0 Å². The number of hydrogen-bond donors (Lipinski definition) is 0. The van der Waals surface area contributed by atoms with Gasteiger partial charge in [0.15, 0.2) is 0 Å². The smallest absolute Gasteiger partial charge is 0.219 e. The first kappa shape index (κ1) is 19.7. The molecule has 2 atom stereocenters. The van der Waals surface area contributed by atoms with E-state index in [0.717, 1.165) is 55.2 Å². The number of pyridine rings is 1. The van der Waals surface area contributed by atoms with Crippen LogP contribution in [0.15, 0.2) is 42.6 Å². The van der Waals surface area contributed by atoms with Gasteiger partial charge in [0, 0.05) is 44.2 Å². The van der Waals surface area contributed by atoms with Gasteiger partial charge in [0.2, 0.25) is 5.91 Å². The molecule has 154 valence electrons. The Kier molecular flexibility index (Phi) is 6.00. The van der Waals surface area contributed by atoms with Crippen molar-refractivity contribution in [1.82, 2.24) is 14.8 Å². The van der Waals surface area contributed by atoms with E-state index in [1.54, 1.807) is 14.0 Å². The highest BCUT2D eigenvalue weighted by Gasteiger charge is 2.33. The summed E-state index contributed by atoms with van der Waals surface area (Å²) in [6, 6.07) is 11.9. The van der Waals surface area contributed by atoms with Gasteiger partial charge in [-0.2, -0.15) is 0 Å². The predicted molar refractivity (Wildman–Crippen MR) is 111 cm³/mol. The second-order valence-corrected chi connectivity index (χ2v) is 7.99. The molecule has 2 unspecified atom stereocenters. The summed E-state index contributed by atoms with van der Waals surface area (Å²) in [5.74, 6) is 2.10. The molecule has 1 aromatic carbocycles. The first-order valence-electron chi connectivity index (χ1n) is 10.3. The highest BCUT2D eigenvalue weighted by atomic mass is 16.5. The summed E-state index contributed by atoms with van der Waals surface area (Å²) in [5, 5.41) is 0. The molecule has 3 heterocycles. The minimum Gasteiger partial charge on any atom is -0.497 e. The number of amides is 1. The Labute approximate surface area is 172 Å². The number of carbonyl (C=O) groups excluding carboxylic acids is 1. The molecule has 0 saturated carbocycles. The number of nitrogens with zero attached hydrogens (tertiary/aromatic N) is 3. The van der Waals surface area contributed by atoms with E-state index in [4.69, 9.17) is 9.47 Å². The summed E-state index contributed by atoms with van der Waals surface area (Å²) < 4.78 is 11.8. The fraction of sp³-hybridized carbons (Fsp3) is 0.478. The van der Waals surface area contributed by atoms with Crippen LogP contribution in [0.5, 0.6) is 11.5 Å². The maximum absolute atomic E-state index is 12.3. The lowest BCUT2D eigenvalue weighted by atomic mass is 9.91. The third kappa shape index (κ3) is 4.70. The summed E-state index contributed by atoms with van der Waals surface area (Å²) >= 11 is 0. The van der Waals surface area contributed by atoms with Crippen LogP contribution in [0.2, 0.25) is 0 Å². The number of hydrogen-bond acceptors (Lipinski definition) is 5. The van der Waals surface area contributed by atoms with Crippen LogP contribution in [0.3, 0.4) is 0 Å². The number of benzene rings is 1. The molecular formula is C23H29N3O3. The summed E-state index contributed by atoms with van der Waals surface area (Å²) in [5.41, 5.74) is 2.10. The second-order valence-electron chi connectivity index (χ2n) is 7.99. The molecule has 1 saturated heterocycles. The minimum atomic E-state index is -0.0138. The van der Waals surface area contributed by atoms with Crippen molar-refractivity contribution >= 4 is 5.91 Å². The lowest BCUT2D eigenvalue weighted by molar-refractivity contribution is -0.130. The highest BCUT2D eigenvalue weighted by molar-refractivity contribution is 5.73. The Morgan fingerprint density at radius 2 is 2.17 bits per heavy atom. The zero-order valence-electron chi connectivity index (χ0n) is 17.2. The molecule has 6 nitrogen and oxygen atoms in total. The maximum Gasteiger partial charge on any atom is 0.219 e. The van der Waals surface area contributed by atoms with Gasteiger partial charge in [-0.15, -0.1) is 0 Å². The van der Waals surface area contributed by atoms with Gasteiger partial charge in [-0.1, -0.05) is 6.07 Å². The van der Waals surface area contributed by atoms with Gasteiger partial charge in [0.25, 0.3) is 0 Å². The first-order valence-corrected chi connectivity index (χ1v) is 10.3. The molecule has 1 fully saturated rings. The van der Waals surface area contributed by atoms with Crippen molar-refractivity contribution in [3.8, 4) is 11.5 Å². The van der Waals surface area contributed by atoms with Gasteiger partial charge < -0.3 is 14.4 Å². The predicted octanol–water partition coefficient (Wildman–Crippen LogP) is 3.11. The van der Waals surface area contributed by atoms with E-state index >= 15 is 0 Å². The Bertz CT molecular complexity index is 843. The number of carbonyl (C=O) groups is 1. The fourth-order valence-corrected chi connectivity index (χ4v) is 4.35. The summed E-state index contributed by atoms with van der Waals surface area (Å²) in [6.07, 6.45) is 4.08. The third-order valence-corrected chi connectivity index (χ3v) is 5.93. The van der Waals surface area contributed by atoms with Crippen LogP contribution in [-0.2, 0) is 17.9 Å². The van der Waals surface area contributed by atoms with E-state index in [9.17, 15) is 4.79 Å². The van der Waals surface area contributed by atoms with Crippen LogP contribution >= 0.6 is 0 Å². The standard InChI is InChI=1S/C23H29N3O3/c1-17(27)26-14-19-12-21(28-2)8-9-22(19)29-23(16-26)18-6-5-11-25(13-18)15-20-7-3-4-10-24-20/h3-4,7-10,12,18,23H,5-6,11,13-16H2,1-2H3. The number of piperidine rings is 1. The summed E-state index contributed by atoms with van der Waals surface area (Å²) in [7, 11) is 1.66. The molecular weight excluding hydrogens is 366 g/mol. The fourth-order valence-electron chi connectivity index (χ4n) is 4.35. The zero-order valence-corrected chi connectivity index (χ0v) is 17.2. The average molecular weight is 396 g/mol. The van der Waals surface area contributed by atoms with Gasteiger partial charge in [-0.05, 0) is 49.7 Å².